The highest BCUT2D eigenvalue weighted by molar-refractivity contribution is 6.31. The lowest BCUT2D eigenvalue weighted by molar-refractivity contribution is 0.341. The summed E-state index contributed by atoms with van der Waals surface area (Å²) in [4.78, 5) is 0. The summed E-state index contributed by atoms with van der Waals surface area (Å²) < 4.78 is 5.56. The van der Waals surface area contributed by atoms with E-state index in [1.165, 1.54) is 0 Å². The van der Waals surface area contributed by atoms with Crippen molar-refractivity contribution in [3.05, 3.63) is 58.1 Å². The van der Waals surface area contributed by atoms with Gasteiger partial charge in [-0.2, -0.15) is 0 Å². The van der Waals surface area contributed by atoms with Crippen LogP contribution in [-0.2, 0) is 6.54 Å². The molecule has 0 bridgehead atoms. The Hall–Kier alpha value is -1.38. The van der Waals surface area contributed by atoms with Gasteiger partial charge in [0.15, 0.2) is 0 Å². The van der Waals surface area contributed by atoms with E-state index in [0.29, 0.717) is 18.2 Å². The van der Waals surface area contributed by atoms with E-state index in [1.807, 2.05) is 49.4 Å². The van der Waals surface area contributed by atoms with Crippen LogP contribution in [0.25, 0.3) is 0 Å². The molecule has 0 spiro atoms. The van der Waals surface area contributed by atoms with Crippen molar-refractivity contribution in [3.63, 3.8) is 0 Å². The van der Waals surface area contributed by atoms with Crippen LogP contribution in [0.4, 0.5) is 5.69 Å². The second-order valence-corrected chi connectivity index (χ2v) is 4.93. The maximum Gasteiger partial charge on any atom is 0.142 e. The highest BCUT2D eigenvalue weighted by Crippen LogP contribution is 2.28. The van der Waals surface area contributed by atoms with Crippen molar-refractivity contribution >= 4 is 28.9 Å². The molecule has 0 saturated carbocycles. The van der Waals surface area contributed by atoms with Crippen molar-refractivity contribution in [1.29, 1.82) is 0 Å². The normalized spacial score (nSPS) is 10.3. The van der Waals surface area contributed by atoms with Gasteiger partial charge in [0.25, 0.3) is 0 Å². The van der Waals surface area contributed by atoms with Crippen molar-refractivity contribution in [2.75, 3.05) is 11.9 Å². The standard InChI is InChI=1S/C15H15Cl2NO/c1-2-19-15-8-7-13(17)9-14(15)18-10-11-3-5-12(16)6-4-11/h3-9,18H,2,10H2,1H3. The first-order valence-electron chi connectivity index (χ1n) is 6.09. The summed E-state index contributed by atoms with van der Waals surface area (Å²) in [6.45, 7) is 3.27. The summed E-state index contributed by atoms with van der Waals surface area (Å²) in [5, 5.41) is 4.74. The van der Waals surface area contributed by atoms with E-state index in [1.54, 1.807) is 0 Å². The van der Waals surface area contributed by atoms with Gasteiger partial charge in [-0.25, -0.2) is 0 Å². The van der Waals surface area contributed by atoms with Gasteiger partial charge >= 0.3 is 0 Å². The van der Waals surface area contributed by atoms with E-state index in [2.05, 4.69) is 5.32 Å². The van der Waals surface area contributed by atoms with Crippen molar-refractivity contribution in [2.24, 2.45) is 0 Å². The Morgan fingerprint density at radius 3 is 2.37 bits per heavy atom. The van der Waals surface area contributed by atoms with Gasteiger partial charge < -0.3 is 10.1 Å². The number of hydrogen-bond donors (Lipinski definition) is 1. The predicted molar refractivity (Wildman–Crippen MR) is 81.4 cm³/mol. The summed E-state index contributed by atoms with van der Waals surface area (Å²) in [6, 6.07) is 13.3. The van der Waals surface area contributed by atoms with Crippen LogP contribution in [0.5, 0.6) is 5.75 Å². The van der Waals surface area contributed by atoms with Crippen molar-refractivity contribution in [3.8, 4) is 5.75 Å². The van der Waals surface area contributed by atoms with Crippen molar-refractivity contribution < 1.29 is 4.74 Å². The second-order valence-electron chi connectivity index (χ2n) is 4.05. The first kappa shape index (κ1) is 14.0. The van der Waals surface area contributed by atoms with Crippen LogP contribution in [-0.4, -0.2) is 6.61 Å². The van der Waals surface area contributed by atoms with E-state index >= 15 is 0 Å². The van der Waals surface area contributed by atoms with Crippen LogP contribution >= 0.6 is 23.2 Å². The SMILES string of the molecule is CCOc1ccc(Cl)cc1NCc1ccc(Cl)cc1. The molecule has 0 heterocycles. The summed E-state index contributed by atoms with van der Waals surface area (Å²) >= 11 is 11.9. The molecule has 0 atom stereocenters. The van der Waals surface area contributed by atoms with Gasteiger partial charge in [-0.15, -0.1) is 0 Å². The van der Waals surface area contributed by atoms with E-state index in [-0.39, 0.29) is 0 Å². The van der Waals surface area contributed by atoms with Gasteiger partial charge in [-0.1, -0.05) is 35.3 Å². The van der Waals surface area contributed by atoms with Gasteiger partial charge in [-0.3, -0.25) is 0 Å². The monoisotopic (exact) mass is 295 g/mol. The smallest absolute Gasteiger partial charge is 0.142 e. The lowest BCUT2D eigenvalue weighted by Gasteiger charge is -2.13. The fourth-order valence-corrected chi connectivity index (χ4v) is 2.02. The fourth-order valence-electron chi connectivity index (χ4n) is 1.72. The molecule has 19 heavy (non-hydrogen) atoms. The van der Waals surface area contributed by atoms with Gasteiger partial charge in [0, 0.05) is 16.6 Å². The van der Waals surface area contributed by atoms with E-state index in [9.17, 15) is 0 Å². The zero-order valence-corrected chi connectivity index (χ0v) is 12.1. The zero-order chi connectivity index (χ0) is 13.7. The Kier molecular flexibility index (Phi) is 4.94. The molecule has 0 saturated heterocycles. The number of benzene rings is 2. The third kappa shape index (κ3) is 4.05. The number of halogens is 2. The molecule has 1 N–H and O–H groups in total. The van der Waals surface area contributed by atoms with Crippen LogP contribution < -0.4 is 10.1 Å². The van der Waals surface area contributed by atoms with Crippen molar-refractivity contribution in [2.45, 2.75) is 13.5 Å². The maximum absolute atomic E-state index is 6.01. The number of nitrogens with one attached hydrogen (secondary N) is 1. The minimum Gasteiger partial charge on any atom is -0.492 e. The van der Waals surface area contributed by atoms with Gasteiger partial charge in [0.2, 0.25) is 0 Å². The quantitative estimate of drug-likeness (QED) is 0.838. The molecule has 2 rings (SSSR count). The molecule has 4 heteroatoms. The van der Waals surface area contributed by atoms with Gasteiger partial charge in [0.1, 0.15) is 5.75 Å². The molecule has 0 radical (unpaired) electrons. The minimum absolute atomic E-state index is 0.622. The first-order valence-corrected chi connectivity index (χ1v) is 6.85. The average molecular weight is 296 g/mol. The molecule has 0 amide bonds. The van der Waals surface area contributed by atoms with E-state index < -0.39 is 0 Å². The number of rotatable bonds is 5. The molecule has 100 valence electrons. The highest BCUT2D eigenvalue weighted by atomic mass is 35.5. The topological polar surface area (TPSA) is 21.3 Å². The molecule has 2 aromatic carbocycles. The van der Waals surface area contributed by atoms with E-state index in [0.717, 1.165) is 22.0 Å². The molecule has 0 aromatic heterocycles. The van der Waals surface area contributed by atoms with Crippen LogP contribution in [0.1, 0.15) is 12.5 Å². The number of ether oxygens (including phenoxy) is 1. The Morgan fingerprint density at radius 2 is 1.68 bits per heavy atom. The zero-order valence-electron chi connectivity index (χ0n) is 10.6. The third-order valence-electron chi connectivity index (χ3n) is 2.64. The molecule has 0 unspecified atom stereocenters. The Bertz CT molecular complexity index is 540. The van der Waals surface area contributed by atoms with Crippen LogP contribution in [0.3, 0.4) is 0 Å². The Labute approximate surface area is 123 Å². The summed E-state index contributed by atoms with van der Waals surface area (Å²) in [7, 11) is 0. The van der Waals surface area contributed by atoms with Crippen molar-refractivity contribution in [1.82, 2.24) is 0 Å². The molecular weight excluding hydrogens is 281 g/mol. The van der Waals surface area contributed by atoms with Gasteiger partial charge in [-0.05, 0) is 42.8 Å². The fraction of sp³-hybridized carbons (Fsp3) is 0.200. The second kappa shape index (κ2) is 6.69. The molecule has 0 fully saturated rings. The molecule has 2 aromatic rings. The maximum atomic E-state index is 6.01. The lowest BCUT2D eigenvalue weighted by Crippen LogP contribution is -2.02. The Morgan fingerprint density at radius 1 is 1.00 bits per heavy atom. The largest absolute Gasteiger partial charge is 0.492 e. The van der Waals surface area contributed by atoms with Gasteiger partial charge in [0.05, 0.1) is 12.3 Å². The molecule has 2 nitrogen and oxygen atoms in total. The molecule has 0 aliphatic carbocycles. The molecular formula is C15H15Cl2NO. The molecule has 0 aliphatic rings. The third-order valence-corrected chi connectivity index (χ3v) is 3.12. The van der Waals surface area contributed by atoms with Crippen LogP contribution in [0, 0.1) is 0 Å². The van der Waals surface area contributed by atoms with E-state index in [4.69, 9.17) is 27.9 Å². The number of anilines is 1. The first-order chi connectivity index (χ1) is 9.19. The lowest BCUT2D eigenvalue weighted by atomic mass is 10.2. The number of hydrogen-bond acceptors (Lipinski definition) is 2. The molecule has 0 aliphatic heterocycles. The highest BCUT2D eigenvalue weighted by Gasteiger charge is 2.04. The predicted octanol–water partition coefficient (Wildman–Crippen LogP) is 5.00. The summed E-state index contributed by atoms with van der Waals surface area (Å²) in [6.07, 6.45) is 0. The Balaban J connectivity index is 2.09. The van der Waals surface area contributed by atoms with Crippen LogP contribution in [0.15, 0.2) is 42.5 Å². The summed E-state index contributed by atoms with van der Waals surface area (Å²) in [5.74, 6) is 0.806. The average Bonchev–Trinajstić information content (AvgIpc) is 2.41. The van der Waals surface area contributed by atoms with Crippen LogP contribution in [0.2, 0.25) is 10.0 Å². The minimum atomic E-state index is 0.622. The summed E-state index contributed by atoms with van der Waals surface area (Å²) in [5.41, 5.74) is 2.04.